The Labute approximate surface area is 145 Å². The van der Waals surface area contributed by atoms with Crippen molar-refractivity contribution in [2.75, 3.05) is 37.3 Å². The fourth-order valence-corrected chi connectivity index (χ4v) is 3.77. The van der Waals surface area contributed by atoms with Crippen molar-refractivity contribution in [3.05, 3.63) is 36.7 Å². The molecule has 0 bridgehead atoms. The first-order valence-electron chi connectivity index (χ1n) is 7.86. The summed E-state index contributed by atoms with van der Waals surface area (Å²) in [5.41, 5.74) is 2.11. The molecule has 1 aliphatic rings. The first-order chi connectivity index (χ1) is 12.0. The molecule has 0 radical (unpaired) electrons. The lowest BCUT2D eigenvalue weighted by molar-refractivity contribution is 0.387. The van der Waals surface area contributed by atoms with Crippen molar-refractivity contribution in [2.45, 2.75) is 0 Å². The molecule has 10 heteroatoms. The molecule has 3 aromatic rings. The van der Waals surface area contributed by atoms with Crippen LogP contribution >= 0.6 is 0 Å². The van der Waals surface area contributed by atoms with Gasteiger partial charge in [-0.1, -0.05) is 23.4 Å². The van der Waals surface area contributed by atoms with Gasteiger partial charge in [-0.15, -0.1) is 5.10 Å². The van der Waals surface area contributed by atoms with E-state index in [1.165, 1.54) is 16.9 Å². The molecule has 0 N–H and O–H groups in total. The number of piperazine rings is 1. The Hall–Kier alpha value is -2.59. The van der Waals surface area contributed by atoms with Gasteiger partial charge in [0.25, 0.3) is 0 Å². The predicted octanol–water partition coefficient (Wildman–Crippen LogP) is 0.292. The Bertz CT molecular complexity index is 995. The molecule has 9 nitrogen and oxygen atoms in total. The zero-order valence-electron chi connectivity index (χ0n) is 13.6. The van der Waals surface area contributed by atoms with Crippen LogP contribution in [-0.4, -0.2) is 70.1 Å². The molecular formula is C15H17N7O2S. The number of benzene rings is 1. The third-order valence-corrected chi connectivity index (χ3v) is 5.53. The van der Waals surface area contributed by atoms with Crippen molar-refractivity contribution >= 4 is 27.0 Å². The minimum Gasteiger partial charge on any atom is -0.352 e. The van der Waals surface area contributed by atoms with Crippen molar-refractivity contribution < 1.29 is 8.42 Å². The molecule has 2 aromatic heterocycles. The lowest BCUT2D eigenvalue weighted by atomic mass is 10.3. The van der Waals surface area contributed by atoms with Crippen LogP contribution in [0.1, 0.15) is 0 Å². The van der Waals surface area contributed by atoms with E-state index in [4.69, 9.17) is 0 Å². The van der Waals surface area contributed by atoms with Crippen LogP contribution in [0.15, 0.2) is 36.7 Å². The van der Waals surface area contributed by atoms with Gasteiger partial charge in [-0.2, -0.15) is 8.99 Å². The van der Waals surface area contributed by atoms with Gasteiger partial charge in [0, 0.05) is 26.2 Å². The summed E-state index contributed by atoms with van der Waals surface area (Å²) in [4.78, 5) is 10.7. The standard InChI is InChI=1S/C15H17N7O2S/c1-25(23,24)21-9-7-20(8-10-21)14-13-15(17-11-16-14)22(19-18-13)12-5-3-2-4-6-12/h2-6,11H,7-10H2,1H3. The maximum Gasteiger partial charge on any atom is 0.211 e. The second-order valence-electron chi connectivity index (χ2n) is 5.86. The fraction of sp³-hybridized carbons (Fsp3) is 0.333. The van der Waals surface area contributed by atoms with E-state index in [9.17, 15) is 8.42 Å². The number of hydrogen-bond acceptors (Lipinski definition) is 7. The van der Waals surface area contributed by atoms with E-state index in [1.54, 1.807) is 4.68 Å². The van der Waals surface area contributed by atoms with E-state index in [2.05, 4.69) is 20.3 Å². The summed E-state index contributed by atoms with van der Waals surface area (Å²) in [5, 5.41) is 8.46. The van der Waals surface area contributed by atoms with Crippen LogP contribution in [0, 0.1) is 0 Å². The van der Waals surface area contributed by atoms with Crippen molar-refractivity contribution in [2.24, 2.45) is 0 Å². The number of aromatic nitrogens is 5. The van der Waals surface area contributed by atoms with E-state index in [1.807, 2.05) is 35.2 Å². The summed E-state index contributed by atoms with van der Waals surface area (Å²) in [7, 11) is -3.16. The predicted molar refractivity (Wildman–Crippen MR) is 93.1 cm³/mol. The highest BCUT2D eigenvalue weighted by atomic mass is 32.2. The van der Waals surface area contributed by atoms with Gasteiger partial charge in [0.2, 0.25) is 10.0 Å². The molecule has 1 fully saturated rings. The summed E-state index contributed by atoms with van der Waals surface area (Å²) in [5.74, 6) is 0.681. The molecule has 130 valence electrons. The van der Waals surface area contributed by atoms with Crippen LogP contribution < -0.4 is 4.90 Å². The lowest BCUT2D eigenvalue weighted by Gasteiger charge is -2.33. The minimum atomic E-state index is -3.16. The van der Waals surface area contributed by atoms with Crippen molar-refractivity contribution in [3.8, 4) is 5.69 Å². The van der Waals surface area contributed by atoms with Crippen molar-refractivity contribution in [3.63, 3.8) is 0 Å². The zero-order valence-corrected chi connectivity index (χ0v) is 14.5. The highest BCUT2D eigenvalue weighted by Crippen LogP contribution is 2.23. The molecule has 1 aromatic carbocycles. The van der Waals surface area contributed by atoms with Gasteiger partial charge in [0.1, 0.15) is 6.33 Å². The number of nitrogens with zero attached hydrogens (tertiary/aromatic N) is 7. The molecule has 0 unspecified atom stereocenters. The number of sulfonamides is 1. The number of hydrogen-bond donors (Lipinski definition) is 0. The van der Waals surface area contributed by atoms with Gasteiger partial charge in [0.05, 0.1) is 11.9 Å². The van der Waals surface area contributed by atoms with Crippen molar-refractivity contribution in [1.82, 2.24) is 29.3 Å². The van der Waals surface area contributed by atoms with Gasteiger partial charge in [-0.3, -0.25) is 0 Å². The topological polar surface area (TPSA) is 97.1 Å². The monoisotopic (exact) mass is 359 g/mol. The van der Waals surface area contributed by atoms with Crippen LogP contribution in [-0.2, 0) is 10.0 Å². The van der Waals surface area contributed by atoms with Crippen LogP contribution in [0.25, 0.3) is 16.9 Å². The Morgan fingerprint density at radius 3 is 2.40 bits per heavy atom. The van der Waals surface area contributed by atoms with E-state index >= 15 is 0 Å². The normalized spacial score (nSPS) is 16.4. The minimum absolute atomic E-state index is 0.428. The second-order valence-corrected chi connectivity index (χ2v) is 7.84. The Morgan fingerprint density at radius 1 is 1.00 bits per heavy atom. The smallest absolute Gasteiger partial charge is 0.211 e. The van der Waals surface area contributed by atoms with Crippen LogP contribution in [0.3, 0.4) is 0 Å². The number of anilines is 1. The number of fused-ring (bicyclic) bond motifs is 1. The third kappa shape index (κ3) is 2.94. The summed E-state index contributed by atoms with van der Waals surface area (Å²) in [6.45, 7) is 1.96. The molecule has 1 saturated heterocycles. The summed E-state index contributed by atoms with van der Waals surface area (Å²) >= 11 is 0. The van der Waals surface area contributed by atoms with E-state index in [0.717, 1.165) is 5.69 Å². The van der Waals surface area contributed by atoms with Gasteiger partial charge in [-0.25, -0.2) is 18.4 Å². The number of rotatable bonds is 3. The van der Waals surface area contributed by atoms with Gasteiger partial charge in [-0.05, 0) is 12.1 Å². The van der Waals surface area contributed by atoms with E-state index in [0.29, 0.717) is 43.2 Å². The van der Waals surface area contributed by atoms with E-state index in [-0.39, 0.29) is 0 Å². The molecule has 0 atom stereocenters. The largest absolute Gasteiger partial charge is 0.352 e. The maximum atomic E-state index is 11.7. The Morgan fingerprint density at radius 2 is 1.72 bits per heavy atom. The van der Waals surface area contributed by atoms with Crippen LogP contribution in [0.5, 0.6) is 0 Å². The van der Waals surface area contributed by atoms with Gasteiger partial charge >= 0.3 is 0 Å². The Kier molecular flexibility index (Phi) is 3.85. The lowest BCUT2D eigenvalue weighted by Crippen LogP contribution is -2.48. The summed E-state index contributed by atoms with van der Waals surface area (Å²) in [6.07, 6.45) is 2.72. The summed E-state index contributed by atoms with van der Waals surface area (Å²) < 4.78 is 26.5. The molecule has 0 amide bonds. The average molecular weight is 359 g/mol. The average Bonchev–Trinajstić information content (AvgIpc) is 3.06. The van der Waals surface area contributed by atoms with Crippen LogP contribution in [0.4, 0.5) is 5.82 Å². The molecule has 1 aliphatic heterocycles. The van der Waals surface area contributed by atoms with E-state index < -0.39 is 10.0 Å². The molecule has 25 heavy (non-hydrogen) atoms. The molecule has 0 saturated carbocycles. The molecule has 4 rings (SSSR count). The SMILES string of the molecule is CS(=O)(=O)N1CCN(c2ncnc3c2nnn3-c2ccccc2)CC1. The number of para-hydroxylation sites is 1. The fourth-order valence-electron chi connectivity index (χ4n) is 2.94. The van der Waals surface area contributed by atoms with Crippen LogP contribution in [0.2, 0.25) is 0 Å². The molecule has 0 aliphatic carbocycles. The first-order valence-corrected chi connectivity index (χ1v) is 9.71. The van der Waals surface area contributed by atoms with Crippen molar-refractivity contribution in [1.29, 1.82) is 0 Å². The first kappa shape index (κ1) is 15.9. The molecule has 3 heterocycles. The Balaban J connectivity index is 1.67. The third-order valence-electron chi connectivity index (χ3n) is 4.23. The highest BCUT2D eigenvalue weighted by molar-refractivity contribution is 7.88. The maximum absolute atomic E-state index is 11.7. The zero-order chi connectivity index (χ0) is 17.4. The molecule has 0 spiro atoms. The van der Waals surface area contributed by atoms with Gasteiger partial charge < -0.3 is 4.90 Å². The second kappa shape index (κ2) is 6.05. The molecular weight excluding hydrogens is 342 g/mol. The quantitative estimate of drug-likeness (QED) is 0.663. The van der Waals surface area contributed by atoms with Gasteiger partial charge in [0.15, 0.2) is 17.0 Å². The summed E-state index contributed by atoms with van der Waals surface area (Å²) in [6, 6.07) is 9.65. The highest BCUT2D eigenvalue weighted by Gasteiger charge is 2.26.